The minimum Gasteiger partial charge on any atom is -0.360 e. The third-order valence-electron chi connectivity index (χ3n) is 3.06. The van der Waals surface area contributed by atoms with E-state index in [1.165, 1.54) is 12.1 Å². The van der Waals surface area contributed by atoms with E-state index in [1.54, 1.807) is 30.3 Å². The molecule has 0 spiro atoms. The van der Waals surface area contributed by atoms with Crippen LogP contribution < -0.4 is 10.6 Å². The first kappa shape index (κ1) is 18.5. The summed E-state index contributed by atoms with van der Waals surface area (Å²) in [5, 5.41) is 14.2. The summed E-state index contributed by atoms with van der Waals surface area (Å²) in [6.45, 7) is 0. The van der Waals surface area contributed by atoms with E-state index in [9.17, 15) is 18.0 Å². The lowest BCUT2D eigenvalue weighted by molar-refractivity contribution is -0.137. The van der Waals surface area contributed by atoms with Crippen LogP contribution in [0.2, 0.25) is 0 Å². The SMILES string of the molecule is N#C/C(=C/Nc1ccc(C(F)(F)F)cc1)C(=O)Nc1ccc(Br)cc1. The fraction of sp³-hybridized carbons (Fsp3) is 0.0588. The van der Waals surface area contributed by atoms with E-state index in [4.69, 9.17) is 5.26 Å². The Kier molecular flexibility index (Phi) is 5.83. The Morgan fingerprint density at radius 1 is 1.04 bits per heavy atom. The van der Waals surface area contributed by atoms with Crippen LogP contribution in [-0.2, 0) is 11.0 Å². The van der Waals surface area contributed by atoms with Gasteiger partial charge in [-0.1, -0.05) is 15.9 Å². The predicted molar refractivity (Wildman–Crippen MR) is 91.5 cm³/mol. The highest BCUT2D eigenvalue weighted by atomic mass is 79.9. The summed E-state index contributed by atoms with van der Waals surface area (Å²) in [6, 6.07) is 12.7. The molecule has 0 heterocycles. The number of carbonyl (C=O) groups excluding carboxylic acids is 1. The fourth-order valence-corrected chi connectivity index (χ4v) is 2.06. The second-order valence-corrected chi connectivity index (χ2v) is 5.77. The molecule has 25 heavy (non-hydrogen) atoms. The number of nitrogens with one attached hydrogen (secondary N) is 2. The number of nitriles is 1. The van der Waals surface area contributed by atoms with Gasteiger partial charge in [0.1, 0.15) is 11.6 Å². The summed E-state index contributed by atoms with van der Waals surface area (Å²) >= 11 is 3.27. The van der Waals surface area contributed by atoms with Crippen molar-refractivity contribution in [2.75, 3.05) is 10.6 Å². The zero-order valence-corrected chi connectivity index (χ0v) is 14.1. The summed E-state index contributed by atoms with van der Waals surface area (Å²) in [5.41, 5.74) is -0.181. The second-order valence-electron chi connectivity index (χ2n) is 4.85. The Labute approximate surface area is 150 Å². The number of rotatable bonds is 4. The number of nitrogens with zero attached hydrogens (tertiary/aromatic N) is 1. The second kappa shape index (κ2) is 7.85. The summed E-state index contributed by atoms with van der Waals surface area (Å²) in [6.07, 6.45) is -3.28. The highest BCUT2D eigenvalue weighted by Gasteiger charge is 2.29. The first-order chi connectivity index (χ1) is 11.8. The van der Waals surface area contributed by atoms with Crippen molar-refractivity contribution in [3.05, 3.63) is 70.3 Å². The smallest absolute Gasteiger partial charge is 0.360 e. The molecule has 0 aromatic heterocycles. The average Bonchev–Trinajstić information content (AvgIpc) is 2.57. The summed E-state index contributed by atoms with van der Waals surface area (Å²) < 4.78 is 38.3. The van der Waals surface area contributed by atoms with E-state index in [0.717, 1.165) is 22.8 Å². The van der Waals surface area contributed by atoms with Crippen molar-refractivity contribution >= 4 is 33.2 Å². The molecule has 0 saturated carbocycles. The topological polar surface area (TPSA) is 64.9 Å². The van der Waals surface area contributed by atoms with Crippen LogP contribution in [0.25, 0.3) is 0 Å². The molecule has 2 N–H and O–H groups in total. The van der Waals surface area contributed by atoms with Gasteiger partial charge in [0.15, 0.2) is 0 Å². The van der Waals surface area contributed by atoms with Gasteiger partial charge in [-0.05, 0) is 48.5 Å². The highest BCUT2D eigenvalue weighted by Crippen LogP contribution is 2.29. The lowest BCUT2D eigenvalue weighted by atomic mass is 10.2. The first-order valence-corrected chi connectivity index (χ1v) is 7.70. The molecule has 8 heteroatoms. The third-order valence-corrected chi connectivity index (χ3v) is 3.59. The molecule has 2 rings (SSSR count). The van der Waals surface area contributed by atoms with Crippen LogP contribution >= 0.6 is 15.9 Å². The quantitative estimate of drug-likeness (QED) is 0.555. The maximum atomic E-state index is 12.5. The molecule has 0 radical (unpaired) electrons. The van der Waals surface area contributed by atoms with Crippen molar-refractivity contribution in [2.24, 2.45) is 0 Å². The van der Waals surface area contributed by atoms with Gasteiger partial charge in [0.2, 0.25) is 0 Å². The van der Waals surface area contributed by atoms with Crippen molar-refractivity contribution in [3.63, 3.8) is 0 Å². The number of amides is 1. The molecule has 1 amide bonds. The van der Waals surface area contributed by atoms with Gasteiger partial charge in [-0.3, -0.25) is 4.79 Å². The third kappa shape index (κ3) is 5.36. The molecule has 0 aliphatic rings. The van der Waals surface area contributed by atoms with Crippen LogP contribution in [0.3, 0.4) is 0 Å². The van der Waals surface area contributed by atoms with Crippen LogP contribution in [0.5, 0.6) is 0 Å². The van der Waals surface area contributed by atoms with Crippen LogP contribution in [0.4, 0.5) is 24.5 Å². The molecule has 0 unspecified atom stereocenters. The molecule has 0 aliphatic heterocycles. The van der Waals surface area contributed by atoms with Gasteiger partial charge in [0.25, 0.3) is 5.91 Å². The molecule has 4 nitrogen and oxygen atoms in total. The molecule has 0 fully saturated rings. The number of carbonyl (C=O) groups is 1. The monoisotopic (exact) mass is 409 g/mol. The summed E-state index contributed by atoms with van der Waals surface area (Å²) in [5.74, 6) is -0.635. The molecule has 128 valence electrons. The van der Waals surface area contributed by atoms with Gasteiger partial charge in [-0.2, -0.15) is 18.4 Å². The van der Waals surface area contributed by atoms with E-state index >= 15 is 0 Å². The Balaban J connectivity index is 2.05. The maximum Gasteiger partial charge on any atom is 0.416 e. The van der Waals surface area contributed by atoms with Gasteiger partial charge in [-0.25, -0.2) is 0 Å². The van der Waals surface area contributed by atoms with Gasteiger partial charge < -0.3 is 10.6 Å². The van der Waals surface area contributed by atoms with Crippen molar-refractivity contribution < 1.29 is 18.0 Å². The van der Waals surface area contributed by atoms with Crippen molar-refractivity contribution in [1.29, 1.82) is 5.26 Å². The normalized spacial score (nSPS) is 11.6. The van der Waals surface area contributed by atoms with Gasteiger partial charge in [-0.15, -0.1) is 0 Å². The number of benzene rings is 2. The van der Waals surface area contributed by atoms with Crippen molar-refractivity contribution in [2.45, 2.75) is 6.18 Å². The number of halogens is 4. The molecule has 2 aromatic rings. The average molecular weight is 410 g/mol. The lowest BCUT2D eigenvalue weighted by Gasteiger charge is -2.08. The van der Waals surface area contributed by atoms with E-state index < -0.39 is 17.6 Å². The standard InChI is InChI=1S/C17H11BrF3N3O/c18-13-3-7-15(8-4-13)24-16(25)11(9-22)10-23-14-5-1-12(2-6-14)17(19,20)21/h1-8,10,23H,(H,24,25)/b11-10-. The van der Waals surface area contributed by atoms with Crippen LogP contribution in [0, 0.1) is 11.3 Å². The summed E-state index contributed by atoms with van der Waals surface area (Å²) in [4.78, 5) is 12.0. The summed E-state index contributed by atoms with van der Waals surface area (Å²) in [7, 11) is 0. The maximum absolute atomic E-state index is 12.5. The van der Waals surface area contributed by atoms with Gasteiger partial charge in [0.05, 0.1) is 5.56 Å². The molecular weight excluding hydrogens is 399 g/mol. The minimum absolute atomic E-state index is 0.220. The lowest BCUT2D eigenvalue weighted by Crippen LogP contribution is -2.14. The Hall–Kier alpha value is -2.79. The van der Waals surface area contributed by atoms with Crippen molar-refractivity contribution in [3.8, 4) is 6.07 Å². The van der Waals surface area contributed by atoms with E-state index in [-0.39, 0.29) is 5.57 Å². The Morgan fingerprint density at radius 2 is 1.60 bits per heavy atom. The molecule has 2 aromatic carbocycles. The zero-order chi connectivity index (χ0) is 18.4. The molecule has 0 aliphatic carbocycles. The Bertz CT molecular complexity index is 822. The first-order valence-electron chi connectivity index (χ1n) is 6.90. The van der Waals surface area contributed by atoms with E-state index in [0.29, 0.717) is 11.4 Å². The Morgan fingerprint density at radius 3 is 2.12 bits per heavy atom. The van der Waals surface area contributed by atoms with Gasteiger partial charge >= 0.3 is 6.18 Å². The number of hydrogen-bond donors (Lipinski definition) is 2. The van der Waals surface area contributed by atoms with Gasteiger partial charge in [0, 0.05) is 22.0 Å². The number of anilines is 2. The molecule has 0 atom stereocenters. The predicted octanol–water partition coefficient (Wildman–Crippen LogP) is 4.93. The molecule has 0 saturated heterocycles. The molecular formula is C17H11BrF3N3O. The fourth-order valence-electron chi connectivity index (χ4n) is 1.79. The zero-order valence-electron chi connectivity index (χ0n) is 12.6. The largest absolute Gasteiger partial charge is 0.416 e. The van der Waals surface area contributed by atoms with Crippen molar-refractivity contribution in [1.82, 2.24) is 0 Å². The van der Waals surface area contributed by atoms with Crippen LogP contribution in [0.1, 0.15) is 5.56 Å². The highest BCUT2D eigenvalue weighted by molar-refractivity contribution is 9.10. The van der Waals surface area contributed by atoms with E-state index in [1.807, 2.05) is 0 Å². The van der Waals surface area contributed by atoms with Crippen LogP contribution in [-0.4, -0.2) is 5.91 Å². The molecule has 0 bridgehead atoms. The number of alkyl halides is 3. The van der Waals surface area contributed by atoms with E-state index in [2.05, 4.69) is 26.6 Å². The van der Waals surface area contributed by atoms with Crippen LogP contribution in [0.15, 0.2) is 64.8 Å². The number of hydrogen-bond acceptors (Lipinski definition) is 3. The minimum atomic E-state index is -4.42.